The van der Waals surface area contributed by atoms with E-state index in [1.165, 1.54) is 0 Å². The van der Waals surface area contributed by atoms with E-state index in [1.807, 2.05) is 30.3 Å². The molecule has 1 amide bonds. The maximum atomic E-state index is 11.9. The van der Waals surface area contributed by atoms with Gasteiger partial charge in [-0.2, -0.15) is 0 Å². The number of benzene rings is 2. The van der Waals surface area contributed by atoms with E-state index in [1.54, 1.807) is 37.2 Å². The molecule has 104 valence electrons. The molecule has 2 aromatic rings. The van der Waals surface area contributed by atoms with Crippen molar-refractivity contribution in [3.8, 4) is 5.75 Å². The van der Waals surface area contributed by atoms with E-state index in [4.69, 9.17) is 0 Å². The normalized spacial score (nSPS) is 10.1. The number of rotatable bonds is 4. The summed E-state index contributed by atoms with van der Waals surface area (Å²) < 4.78 is 0. The fourth-order valence-electron chi connectivity index (χ4n) is 1.88. The summed E-state index contributed by atoms with van der Waals surface area (Å²) in [7, 11) is 3.45. The van der Waals surface area contributed by atoms with Crippen LogP contribution in [0.15, 0.2) is 48.5 Å². The van der Waals surface area contributed by atoms with Crippen LogP contribution >= 0.6 is 0 Å². The molecule has 0 bridgehead atoms. The van der Waals surface area contributed by atoms with E-state index in [2.05, 4.69) is 5.32 Å². The van der Waals surface area contributed by atoms with Crippen molar-refractivity contribution in [3.63, 3.8) is 0 Å². The number of phenolic OH excluding ortho intramolecular Hbond substituents is 1. The number of nitrogens with one attached hydrogen (secondary N) is 1. The number of nitrogens with zero attached hydrogens (tertiary/aromatic N) is 1. The van der Waals surface area contributed by atoms with Crippen LogP contribution in [0.5, 0.6) is 5.75 Å². The van der Waals surface area contributed by atoms with Crippen LogP contribution in [0.4, 0.5) is 5.69 Å². The van der Waals surface area contributed by atoms with Crippen LogP contribution < -0.4 is 5.32 Å². The largest absolute Gasteiger partial charge is 0.508 e. The monoisotopic (exact) mass is 270 g/mol. The third-order valence-corrected chi connectivity index (χ3v) is 2.99. The molecule has 0 aromatic heterocycles. The molecule has 0 atom stereocenters. The van der Waals surface area contributed by atoms with Crippen molar-refractivity contribution < 1.29 is 9.90 Å². The number of anilines is 1. The third kappa shape index (κ3) is 3.29. The standard InChI is InChI=1S/C16H18N2O2/c1-18(2)16(20)12-7-5-8-14(10-12)17-11-13-6-3-4-9-15(13)19/h3-10,17,19H,11H2,1-2H3. The van der Waals surface area contributed by atoms with E-state index >= 15 is 0 Å². The zero-order valence-electron chi connectivity index (χ0n) is 11.6. The van der Waals surface area contributed by atoms with Crippen molar-refractivity contribution in [2.45, 2.75) is 6.54 Å². The summed E-state index contributed by atoms with van der Waals surface area (Å²) in [6.45, 7) is 0.506. The average Bonchev–Trinajstić information content (AvgIpc) is 2.46. The van der Waals surface area contributed by atoms with E-state index in [0.717, 1.165) is 11.3 Å². The second-order valence-electron chi connectivity index (χ2n) is 4.76. The van der Waals surface area contributed by atoms with Gasteiger partial charge in [-0.05, 0) is 24.3 Å². The van der Waals surface area contributed by atoms with Gasteiger partial charge in [0.05, 0.1) is 0 Å². The van der Waals surface area contributed by atoms with E-state index < -0.39 is 0 Å². The van der Waals surface area contributed by atoms with Gasteiger partial charge in [0, 0.05) is 37.5 Å². The van der Waals surface area contributed by atoms with Crippen LogP contribution in [0.25, 0.3) is 0 Å². The number of hydrogen-bond acceptors (Lipinski definition) is 3. The van der Waals surface area contributed by atoms with Crippen molar-refractivity contribution in [2.75, 3.05) is 19.4 Å². The van der Waals surface area contributed by atoms with Crippen LogP contribution in [0.2, 0.25) is 0 Å². The lowest BCUT2D eigenvalue weighted by atomic mass is 10.1. The van der Waals surface area contributed by atoms with Crippen LogP contribution in [-0.4, -0.2) is 30.0 Å². The molecule has 0 aliphatic heterocycles. The summed E-state index contributed by atoms with van der Waals surface area (Å²) in [4.78, 5) is 13.4. The second-order valence-corrected chi connectivity index (χ2v) is 4.76. The fraction of sp³-hybridized carbons (Fsp3) is 0.188. The van der Waals surface area contributed by atoms with Gasteiger partial charge in [-0.15, -0.1) is 0 Å². The van der Waals surface area contributed by atoms with Crippen LogP contribution in [0.3, 0.4) is 0 Å². The lowest BCUT2D eigenvalue weighted by Crippen LogP contribution is -2.21. The summed E-state index contributed by atoms with van der Waals surface area (Å²) >= 11 is 0. The molecule has 0 spiro atoms. The smallest absolute Gasteiger partial charge is 0.253 e. The summed E-state index contributed by atoms with van der Waals surface area (Å²) in [5.41, 5.74) is 2.30. The van der Waals surface area contributed by atoms with Crippen LogP contribution in [-0.2, 0) is 6.54 Å². The molecule has 2 aromatic carbocycles. The molecule has 0 unspecified atom stereocenters. The first kappa shape index (κ1) is 13.9. The van der Waals surface area contributed by atoms with Gasteiger partial charge < -0.3 is 15.3 Å². The van der Waals surface area contributed by atoms with Gasteiger partial charge in [-0.25, -0.2) is 0 Å². The van der Waals surface area contributed by atoms with Crippen molar-refractivity contribution in [3.05, 3.63) is 59.7 Å². The summed E-state index contributed by atoms with van der Waals surface area (Å²) in [6, 6.07) is 14.5. The Morgan fingerprint density at radius 1 is 1.15 bits per heavy atom. The highest BCUT2D eigenvalue weighted by Crippen LogP contribution is 2.18. The third-order valence-electron chi connectivity index (χ3n) is 2.99. The van der Waals surface area contributed by atoms with Crippen LogP contribution in [0.1, 0.15) is 15.9 Å². The molecular formula is C16H18N2O2. The molecular weight excluding hydrogens is 252 g/mol. The number of carbonyl (C=O) groups is 1. The van der Waals surface area contributed by atoms with Gasteiger partial charge in [0.15, 0.2) is 0 Å². The van der Waals surface area contributed by atoms with E-state index in [9.17, 15) is 9.90 Å². The molecule has 4 nitrogen and oxygen atoms in total. The molecule has 0 aliphatic rings. The summed E-state index contributed by atoms with van der Waals surface area (Å²) in [6.07, 6.45) is 0. The number of phenols is 1. The Labute approximate surface area is 118 Å². The topological polar surface area (TPSA) is 52.6 Å². The number of aromatic hydroxyl groups is 1. The first-order valence-corrected chi connectivity index (χ1v) is 6.40. The molecule has 20 heavy (non-hydrogen) atoms. The Kier molecular flexibility index (Phi) is 4.25. The maximum absolute atomic E-state index is 11.9. The lowest BCUT2D eigenvalue weighted by Gasteiger charge is -2.12. The zero-order valence-corrected chi connectivity index (χ0v) is 11.6. The number of hydrogen-bond donors (Lipinski definition) is 2. The maximum Gasteiger partial charge on any atom is 0.253 e. The van der Waals surface area contributed by atoms with Crippen molar-refractivity contribution in [2.24, 2.45) is 0 Å². The second kappa shape index (κ2) is 6.10. The van der Waals surface area contributed by atoms with Gasteiger partial charge in [-0.1, -0.05) is 24.3 Å². The quantitative estimate of drug-likeness (QED) is 0.898. The van der Waals surface area contributed by atoms with Crippen molar-refractivity contribution in [1.82, 2.24) is 4.90 Å². The van der Waals surface area contributed by atoms with Gasteiger partial charge in [0.2, 0.25) is 0 Å². The van der Waals surface area contributed by atoms with Gasteiger partial charge >= 0.3 is 0 Å². The summed E-state index contributed by atoms with van der Waals surface area (Å²) in [5.74, 6) is 0.233. The number of amides is 1. The minimum absolute atomic E-state index is 0.0313. The van der Waals surface area contributed by atoms with Crippen molar-refractivity contribution in [1.29, 1.82) is 0 Å². The Bertz CT molecular complexity index is 609. The molecule has 2 N–H and O–H groups in total. The van der Waals surface area contributed by atoms with Gasteiger partial charge in [0.1, 0.15) is 5.75 Å². The Morgan fingerprint density at radius 2 is 1.90 bits per heavy atom. The lowest BCUT2D eigenvalue weighted by molar-refractivity contribution is 0.0827. The van der Waals surface area contributed by atoms with E-state index in [-0.39, 0.29) is 11.7 Å². The van der Waals surface area contributed by atoms with Gasteiger partial charge in [0.25, 0.3) is 5.91 Å². The Balaban J connectivity index is 2.09. The average molecular weight is 270 g/mol. The first-order valence-electron chi connectivity index (χ1n) is 6.40. The minimum Gasteiger partial charge on any atom is -0.508 e. The number of para-hydroxylation sites is 1. The van der Waals surface area contributed by atoms with Crippen molar-refractivity contribution >= 4 is 11.6 Å². The molecule has 0 fully saturated rings. The molecule has 4 heteroatoms. The molecule has 2 rings (SSSR count). The first-order chi connectivity index (χ1) is 9.58. The fourth-order valence-corrected chi connectivity index (χ4v) is 1.88. The highest BCUT2D eigenvalue weighted by Gasteiger charge is 2.08. The highest BCUT2D eigenvalue weighted by molar-refractivity contribution is 5.94. The predicted molar refractivity (Wildman–Crippen MR) is 79.9 cm³/mol. The summed E-state index contributed by atoms with van der Waals surface area (Å²) in [5, 5.41) is 12.9. The molecule has 0 radical (unpaired) electrons. The van der Waals surface area contributed by atoms with E-state index in [0.29, 0.717) is 12.1 Å². The molecule has 0 saturated heterocycles. The predicted octanol–water partition coefficient (Wildman–Crippen LogP) is 2.71. The zero-order chi connectivity index (χ0) is 14.5. The molecule has 0 saturated carbocycles. The van der Waals surface area contributed by atoms with Gasteiger partial charge in [-0.3, -0.25) is 4.79 Å². The molecule has 0 heterocycles. The minimum atomic E-state index is -0.0313. The number of carbonyl (C=O) groups excluding carboxylic acids is 1. The Morgan fingerprint density at radius 3 is 2.60 bits per heavy atom. The highest BCUT2D eigenvalue weighted by atomic mass is 16.3. The van der Waals surface area contributed by atoms with Crippen LogP contribution in [0, 0.1) is 0 Å². The Hall–Kier alpha value is -2.49. The SMILES string of the molecule is CN(C)C(=O)c1cccc(NCc2ccccc2O)c1. The molecule has 0 aliphatic carbocycles.